The molecular weight excluding hydrogens is 336 g/mol. The summed E-state index contributed by atoms with van der Waals surface area (Å²) in [6, 6.07) is 0. The second-order valence-corrected chi connectivity index (χ2v) is 9.42. The third kappa shape index (κ3) is 17.1. The van der Waals surface area contributed by atoms with Crippen molar-refractivity contribution in [3.8, 4) is 0 Å². The van der Waals surface area contributed by atoms with E-state index in [4.69, 9.17) is 4.55 Å². The van der Waals surface area contributed by atoms with Crippen LogP contribution in [0.5, 0.6) is 0 Å². The molecule has 0 bridgehead atoms. The molecule has 5 heteroatoms. The zero-order valence-electron chi connectivity index (χ0n) is 16.6. The van der Waals surface area contributed by atoms with Crippen molar-refractivity contribution >= 4 is 10.1 Å². The topological polar surface area (TPSA) is 74.6 Å². The van der Waals surface area contributed by atoms with Crippen LogP contribution in [0, 0.1) is 0 Å². The first-order chi connectivity index (χ1) is 11.9. The van der Waals surface area contributed by atoms with Crippen LogP contribution in [0.1, 0.15) is 117 Å². The van der Waals surface area contributed by atoms with E-state index in [0.29, 0.717) is 6.42 Å². The van der Waals surface area contributed by atoms with E-state index in [1.807, 2.05) is 0 Å². The maximum absolute atomic E-state index is 10.9. The van der Waals surface area contributed by atoms with Gasteiger partial charge in [-0.25, -0.2) is 0 Å². The van der Waals surface area contributed by atoms with Crippen molar-refractivity contribution in [1.29, 1.82) is 0 Å². The maximum atomic E-state index is 10.9. The third-order valence-corrected chi connectivity index (χ3v) is 6.30. The fourth-order valence-electron chi connectivity index (χ4n) is 3.15. The van der Waals surface area contributed by atoms with Crippen molar-refractivity contribution in [2.75, 3.05) is 0 Å². The smallest absolute Gasteiger partial charge is 0.267 e. The molecule has 0 radical (unpaired) electrons. The lowest BCUT2D eigenvalue weighted by atomic mass is 10.0. The summed E-state index contributed by atoms with van der Waals surface area (Å²) in [5.74, 6) is 0. The molecule has 0 aliphatic carbocycles. The highest BCUT2D eigenvalue weighted by Gasteiger charge is 2.15. The molecule has 152 valence electrons. The van der Waals surface area contributed by atoms with E-state index in [0.717, 1.165) is 44.9 Å². The Balaban J connectivity index is 3.28. The summed E-state index contributed by atoms with van der Waals surface area (Å²) in [6.07, 6.45) is 17.7. The van der Waals surface area contributed by atoms with E-state index < -0.39 is 15.4 Å². The molecule has 4 nitrogen and oxygen atoms in total. The molecule has 0 aliphatic rings. The monoisotopic (exact) mass is 378 g/mol. The van der Waals surface area contributed by atoms with Gasteiger partial charge in [0.1, 0.15) is 0 Å². The second kappa shape index (κ2) is 16.1. The van der Waals surface area contributed by atoms with Gasteiger partial charge in [-0.3, -0.25) is 4.55 Å². The lowest BCUT2D eigenvalue weighted by Crippen LogP contribution is -2.16. The fourth-order valence-corrected chi connectivity index (χ4v) is 3.61. The number of hydrogen-bond acceptors (Lipinski definition) is 3. The predicted molar refractivity (Wildman–Crippen MR) is 107 cm³/mol. The van der Waals surface area contributed by atoms with Gasteiger partial charge in [-0.05, 0) is 26.2 Å². The van der Waals surface area contributed by atoms with Crippen LogP contribution in [0.25, 0.3) is 0 Å². The highest BCUT2D eigenvalue weighted by atomic mass is 32.2. The molecular formula is C20H42O4S. The largest absolute Gasteiger partial charge is 0.393 e. The van der Waals surface area contributed by atoms with Crippen molar-refractivity contribution in [1.82, 2.24) is 0 Å². The molecule has 0 aliphatic heterocycles. The average Bonchev–Trinajstić information content (AvgIpc) is 2.55. The summed E-state index contributed by atoms with van der Waals surface area (Å²) < 4.78 is 30.7. The Morgan fingerprint density at radius 2 is 1.04 bits per heavy atom. The molecule has 0 fully saturated rings. The number of rotatable bonds is 18. The van der Waals surface area contributed by atoms with Gasteiger partial charge in [-0.1, -0.05) is 90.4 Å². The van der Waals surface area contributed by atoms with Gasteiger partial charge in [0.25, 0.3) is 10.1 Å². The minimum atomic E-state index is -3.85. The van der Waals surface area contributed by atoms with Gasteiger partial charge in [-0.15, -0.1) is 0 Å². The first-order valence-corrected chi connectivity index (χ1v) is 12.0. The highest BCUT2D eigenvalue weighted by Crippen LogP contribution is 2.15. The van der Waals surface area contributed by atoms with Crippen molar-refractivity contribution < 1.29 is 18.1 Å². The maximum Gasteiger partial charge on any atom is 0.267 e. The molecule has 2 N–H and O–H groups in total. The summed E-state index contributed by atoms with van der Waals surface area (Å²) >= 11 is 0. The van der Waals surface area contributed by atoms with E-state index in [1.165, 1.54) is 51.4 Å². The van der Waals surface area contributed by atoms with Gasteiger partial charge in [0.05, 0.1) is 11.4 Å². The van der Waals surface area contributed by atoms with E-state index in [2.05, 4.69) is 6.92 Å². The SMILES string of the molecule is CCCCCCCC(O)CCCCCCCCCCC(C)S(=O)(=O)O. The van der Waals surface area contributed by atoms with E-state index in [1.54, 1.807) is 6.92 Å². The first kappa shape index (κ1) is 24.9. The molecule has 0 aromatic carbocycles. The van der Waals surface area contributed by atoms with Crippen LogP contribution in [0.3, 0.4) is 0 Å². The van der Waals surface area contributed by atoms with Gasteiger partial charge >= 0.3 is 0 Å². The Hall–Kier alpha value is -0.130. The molecule has 2 atom stereocenters. The molecule has 0 spiro atoms. The Bertz CT molecular complexity index is 381. The lowest BCUT2D eigenvalue weighted by molar-refractivity contribution is 0.147. The van der Waals surface area contributed by atoms with Gasteiger partial charge in [0, 0.05) is 0 Å². The predicted octanol–water partition coefficient (Wildman–Crippen LogP) is 5.89. The Kier molecular flexibility index (Phi) is 16.0. The van der Waals surface area contributed by atoms with Crippen LogP contribution in [0.4, 0.5) is 0 Å². The summed E-state index contributed by atoms with van der Waals surface area (Å²) in [5.41, 5.74) is 0. The van der Waals surface area contributed by atoms with Crippen molar-refractivity contribution in [3.63, 3.8) is 0 Å². The zero-order chi connectivity index (χ0) is 19.0. The third-order valence-electron chi connectivity index (χ3n) is 5.05. The van der Waals surface area contributed by atoms with Crippen molar-refractivity contribution in [2.45, 2.75) is 128 Å². The quantitative estimate of drug-likeness (QED) is 0.230. The van der Waals surface area contributed by atoms with Gasteiger partial charge in [0.15, 0.2) is 0 Å². The highest BCUT2D eigenvalue weighted by molar-refractivity contribution is 7.86. The number of aliphatic hydroxyl groups excluding tert-OH is 1. The van der Waals surface area contributed by atoms with Crippen molar-refractivity contribution in [2.24, 2.45) is 0 Å². The minimum absolute atomic E-state index is 0.105. The molecule has 25 heavy (non-hydrogen) atoms. The number of unbranched alkanes of at least 4 members (excludes halogenated alkanes) is 11. The molecule has 0 saturated carbocycles. The van der Waals surface area contributed by atoms with Crippen LogP contribution in [-0.2, 0) is 10.1 Å². The first-order valence-electron chi connectivity index (χ1n) is 10.5. The van der Waals surface area contributed by atoms with Gasteiger partial charge in [-0.2, -0.15) is 8.42 Å². The second-order valence-electron chi connectivity index (χ2n) is 7.59. The zero-order valence-corrected chi connectivity index (χ0v) is 17.4. The van der Waals surface area contributed by atoms with Crippen LogP contribution < -0.4 is 0 Å². The lowest BCUT2D eigenvalue weighted by Gasteiger charge is -2.10. The standard InChI is InChI=1S/C20H42O4S/c1-3-4-5-10-14-17-20(21)18-15-12-9-7-6-8-11-13-16-19(2)25(22,23)24/h19-21H,3-18H2,1-2H3,(H,22,23,24). The molecule has 2 unspecified atom stereocenters. The van der Waals surface area contributed by atoms with E-state index >= 15 is 0 Å². The Morgan fingerprint density at radius 1 is 0.680 bits per heavy atom. The Morgan fingerprint density at radius 3 is 1.44 bits per heavy atom. The summed E-state index contributed by atoms with van der Waals surface area (Å²) in [4.78, 5) is 0. The van der Waals surface area contributed by atoms with Crippen LogP contribution in [-0.4, -0.2) is 29.4 Å². The van der Waals surface area contributed by atoms with Crippen LogP contribution >= 0.6 is 0 Å². The van der Waals surface area contributed by atoms with E-state index in [-0.39, 0.29) is 6.10 Å². The normalized spacial score (nSPS) is 14.6. The minimum Gasteiger partial charge on any atom is -0.393 e. The van der Waals surface area contributed by atoms with E-state index in [9.17, 15) is 13.5 Å². The molecule has 0 heterocycles. The number of hydrogen-bond donors (Lipinski definition) is 2. The van der Waals surface area contributed by atoms with Gasteiger partial charge in [0.2, 0.25) is 0 Å². The summed E-state index contributed by atoms with van der Waals surface area (Å²) in [6.45, 7) is 3.79. The van der Waals surface area contributed by atoms with Crippen LogP contribution in [0.15, 0.2) is 0 Å². The summed E-state index contributed by atoms with van der Waals surface area (Å²) in [5, 5.41) is 9.31. The Labute approximate surface area is 156 Å². The fraction of sp³-hybridized carbons (Fsp3) is 1.00. The average molecular weight is 379 g/mol. The molecule has 0 amide bonds. The molecule has 0 aromatic heterocycles. The van der Waals surface area contributed by atoms with Gasteiger partial charge < -0.3 is 5.11 Å². The number of aliphatic hydroxyl groups is 1. The molecule has 0 saturated heterocycles. The van der Waals surface area contributed by atoms with Crippen LogP contribution in [0.2, 0.25) is 0 Å². The molecule has 0 aromatic rings. The van der Waals surface area contributed by atoms with Crippen molar-refractivity contribution in [3.05, 3.63) is 0 Å². The molecule has 0 rings (SSSR count). The summed E-state index contributed by atoms with van der Waals surface area (Å²) in [7, 11) is -3.85.